The number of nitrogens with zero attached hydrogens (tertiary/aromatic N) is 2. The Balaban J connectivity index is 1.91. The van der Waals surface area contributed by atoms with E-state index in [1.807, 2.05) is 30.8 Å². The smallest absolute Gasteiger partial charge is 0.254 e. The molecule has 5 heteroatoms. The van der Waals surface area contributed by atoms with Crippen LogP contribution in [0.15, 0.2) is 0 Å². The first kappa shape index (κ1) is 15.7. The van der Waals surface area contributed by atoms with Gasteiger partial charge in [0, 0.05) is 26.2 Å². The van der Waals surface area contributed by atoms with Crippen molar-refractivity contribution in [2.75, 3.05) is 40.3 Å². The number of likely N-dealkylation sites (tertiary alicyclic amines) is 1. The quantitative estimate of drug-likeness (QED) is 0.835. The van der Waals surface area contributed by atoms with E-state index in [9.17, 15) is 9.90 Å². The van der Waals surface area contributed by atoms with Gasteiger partial charge in [-0.05, 0) is 53.1 Å². The van der Waals surface area contributed by atoms with Crippen molar-refractivity contribution >= 4 is 5.91 Å². The van der Waals surface area contributed by atoms with Crippen molar-refractivity contribution in [3.63, 3.8) is 0 Å². The van der Waals surface area contributed by atoms with Gasteiger partial charge in [-0.2, -0.15) is 0 Å². The summed E-state index contributed by atoms with van der Waals surface area (Å²) in [5, 5.41) is 10.5. The van der Waals surface area contributed by atoms with Gasteiger partial charge in [-0.1, -0.05) is 0 Å². The Morgan fingerprint density at radius 3 is 2.40 bits per heavy atom. The van der Waals surface area contributed by atoms with Crippen molar-refractivity contribution in [2.24, 2.45) is 0 Å². The first-order chi connectivity index (χ1) is 9.35. The third-order valence-corrected chi connectivity index (χ3v) is 4.51. The van der Waals surface area contributed by atoms with Gasteiger partial charge in [0.15, 0.2) is 0 Å². The molecule has 2 aliphatic rings. The van der Waals surface area contributed by atoms with Crippen molar-refractivity contribution in [2.45, 2.75) is 50.2 Å². The second-order valence-corrected chi connectivity index (χ2v) is 6.79. The van der Waals surface area contributed by atoms with E-state index in [0.717, 1.165) is 19.3 Å². The van der Waals surface area contributed by atoms with Gasteiger partial charge in [0.2, 0.25) is 0 Å². The van der Waals surface area contributed by atoms with Crippen LogP contribution in [-0.4, -0.2) is 72.4 Å². The number of likely N-dealkylation sites (N-methyl/N-ethyl adjacent to an activating group) is 1. The second kappa shape index (κ2) is 6.00. The molecule has 2 saturated heterocycles. The summed E-state index contributed by atoms with van der Waals surface area (Å²) in [7, 11) is 3.93. The maximum absolute atomic E-state index is 12.6. The van der Waals surface area contributed by atoms with Gasteiger partial charge in [-0.25, -0.2) is 0 Å². The van der Waals surface area contributed by atoms with Gasteiger partial charge in [0.05, 0.1) is 5.60 Å². The summed E-state index contributed by atoms with van der Waals surface area (Å²) in [4.78, 5) is 16.5. The molecule has 0 aromatic carbocycles. The highest BCUT2D eigenvalue weighted by Gasteiger charge is 2.42. The van der Waals surface area contributed by atoms with E-state index in [1.54, 1.807) is 0 Å². The minimum Gasteiger partial charge on any atom is -0.388 e. The Hall–Kier alpha value is -0.650. The zero-order chi connectivity index (χ0) is 14.8. The Labute approximate surface area is 121 Å². The van der Waals surface area contributed by atoms with Crippen LogP contribution in [0.25, 0.3) is 0 Å². The molecule has 5 nitrogen and oxygen atoms in total. The van der Waals surface area contributed by atoms with Crippen molar-refractivity contribution in [3.05, 3.63) is 0 Å². The molecule has 1 N–H and O–H groups in total. The number of hydrogen-bond donors (Lipinski definition) is 1. The molecule has 0 bridgehead atoms. The fourth-order valence-corrected chi connectivity index (χ4v) is 3.31. The highest BCUT2D eigenvalue weighted by molar-refractivity contribution is 5.85. The minimum atomic E-state index is -0.658. The highest BCUT2D eigenvalue weighted by atomic mass is 16.5. The molecule has 2 fully saturated rings. The molecule has 2 aliphatic heterocycles. The number of aliphatic hydroxyl groups is 1. The number of amides is 1. The molecule has 0 aromatic heterocycles. The molecule has 0 spiro atoms. The zero-order valence-electron chi connectivity index (χ0n) is 13.0. The predicted octanol–water partition coefficient (Wildman–Crippen LogP) is 0.861. The van der Waals surface area contributed by atoms with Crippen LogP contribution < -0.4 is 0 Å². The topological polar surface area (TPSA) is 53.0 Å². The largest absolute Gasteiger partial charge is 0.388 e. The van der Waals surface area contributed by atoms with Crippen LogP contribution in [0.3, 0.4) is 0 Å². The van der Waals surface area contributed by atoms with E-state index >= 15 is 0 Å². The first-order valence-electron chi connectivity index (χ1n) is 7.65. The number of carbonyl (C=O) groups is 1. The lowest BCUT2D eigenvalue weighted by atomic mass is 9.88. The zero-order valence-corrected chi connectivity index (χ0v) is 13.0. The molecule has 1 amide bonds. The second-order valence-electron chi connectivity index (χ2n) is 6.79. The maximum atomic E-state index is 12.6. The monoisotopic (exact) mass is 284 g/mol. The third-order valence-electron chi connectivity index (χ3n) is 4.51. The molecule has 2 heterocycles. The van der Waals surface area contributed by atoms with Crippen molar-refractivity contribution in [1.82, 2.24) is 9.80 Å². The average molecular weight is 284 g/mol. The minimum absolute atomic E-state index is 0.101. The van der Waals surface area contributed by atoms with E-state index in [4.69, 9.17) is 4.74 Å². The van der Waals surface area contributed by atoms with Gasteiger partial charge in [-0.3, -0.25) is 4.79 Å². The lowest BCUT2D eigenvalue weighted by molar-refractivity contribution is -0.165. The highest BCUT2D eigenvalue weighted by Crippen LogP contribution is 2.30. The molecule has 20 heavy (non-hydrogen) atoms. The van der Waals surface area contributed by atoms with Gasteiger partial charge >= 0.3 is 0 Å². The van der Waals surface area contributed by atoms with Gasteiger partial charge in [-0.15, -0.1) is 0 Å². The first-order valence-corrected chi connectivity index (χ1v) is 7.65. The van der Waals surface area contributed by atoms with Crippen molar-refractivity contribution in [3.8, 4) is 0 Å². The number of rotatable bonds is 3. The summed E-state index contributed by atoms with van der Waals surface area (Å²) in [5.41, 5.74) is -1.30. The number of piperidine rings is 1. The molecule has 116 valence electrons. The third kappa shape index (κ3) is 3.51. The van der Waals surface area contributed by atoms with Gasteiger partial charge < -0.3 is 19.6 Å². The van der Waals surface area contributed by atoms with Crippen LogP contribution in [0.1, 0.15) is 39.0 Å². The summed E-state index contributed by atoms with van der Waals surface area (Å²) >= 11 is 0. The normalized spacial score (nSPS) is 30.6. The van der Waals surface area contributed by atoms with E-state index in [2.05, 4.69) is 0 Å². The molecular formula is C15H28N2O3. The molecule has 0 unspecified atom stereocenters. The fourth-order valence-electron chi connectivity index (χ4n) is 3.31. The standard InChI is InChI=1S/C15H28N2O3/c1-14(6-4-5-11-20-14)13(18)17-9-7-15(19,8-10-17)12-16(2)3/h19H,4-12H2,1-3H3/t14-/m0/s1. The van der Waals surface area contributed by atoms with Crippen molar-refractivity contribution < 1.29 is 14.6 Å². The lowest BCUT2D eigenvalue weighted by Crippen LogP contribution is -2.56. The van der Waals surface area contributed by atoms with Crippen LogP contribution in [0.5, 0.6) is 0 Å². The lowest BCUT2D eigenvalue weighted by Gasteiger charge is -2.43. The summed E-state index contributed by atoms with van der Waals surface area (Å²) in [5.74, 6) is 0.101. The molecule has 2 rings (SSSR count). The Bertz CT molecular complexity index is 343. The summed E-state index contributed by atoms with van der Waals surface area (Å²) in [6.07, 6.45) is 4.20. The number of hydrogen-bond acceptors (Lipinski definition) is 4. The predicted molar refractivity (Wildman–Crippen MR) is 77.5 cm³/mol. The van der Waals surface area contributed by atoms with E-state index in [-0.39, 0.29) is 5.91 Å². The van der Waals surface area contributed by atoms with Gasteiger partial charge in [0.25, 0.3) is 5.91 Å². The van der Waals surface area contributed by atoms with E-state index in [0.29, 0.717) is 39.1 Å². The Morgan fingerprint density at radius 1 is 1.25 bits per heavy atom. The van der Waals surface area contributed by atoms with Crippen LogP contribution in [0.4, 0.5) is 0 Å². The average Bonchev–Trinajstić information content (AvgIpc) is 2.38. The molecule has 1 atom stereocenters. The van der Waals surface area contributed by atoms with Gasteiger partial charge in [0.1, 0.15) is 5.60 Å². The van der Waals surface area contributed by atoms with E-state index in [1.165, 1.54) is 0 Å². The maximum Gasteiger partial charge on any atom is 0.254 e. The van der Waals surface area contributed by atoms with Crippen LogP contribution in [0, 0.1) is 0 Å². The summed E-state index contributed by atoms with van der Waals surface area (Å²) < 4.78 is 5.74. The summed E-state index contributed by atoms with van der Waals surface area (Å²) in [6.45, 7) is 4.50. The van der Waals surface area contributed by atoms with Crippen molar-refractivity contribution in [1.29, 1.82) is 0 Å². The molecule has 0 radical (unpaired) electrons. The molecule has 0 aromatic rings. The molecular weight excluding hydrogens is 256 g/mol. The Morgan fingerprint density at radius 2 is 1.90 bits per heavy atom. The van der Waals surface area contributed by atoms with Crippen LogP contribution in [0.2, 0.25) is 0 Å². The fraction of sp³-hybridized carbons (Fsp3) is 0.933. The number of ether oxygens (including phenoxy) is 1. The SMILES string of the molecule is CN(C)CC1(O)CCN(C(=O)[C@]2(C)CCCCO2)CC1. The van der Waals surface area contributed by atoms with Crippen LogP contribution in [-0.2, 0) is 9.53 Å². The molecule has 0 aliphatic carbocycles. The van der Waals surface area contributed by atoms with Crippen LogP contribution >= 0.6 is 0 Å². The number of carbonyl (C=O) groups excluding carboxylic acids is 1. The summed E-state index contributed by atoms with van der Waals surface area (Å²) in [6, 6.07) is 0. The Kier molecular flexibility index (Phi) is 4.72. The van der Waals surface area contributed by atoms with E-state index < -0.39 is 11.2 Å². The molecule has 0 saturated carbocycles.